The van der Waals surface area contributed by atoms with Gasteiger partial charge in [0.05, 0.1) is 11.0 Å². The minimum Gasteiger partial charge on any atom is -0.388 e. The molecule has 4 nitrogen and oxygen atoms in total. The summed E-state index contributed by atoms with van der Waals surface area (Å²) in [5.41, 5.74) is 1.14. The van der Waals surface area contributed by atoms with Crippen LogP contribution in [0.4, 0.5) is 5.69 Å². The predicted molar refractivity (Wildman–Crippen MR) is 76.9 cm³/mol. The second-order valence-corrected chi connectivity index (χ2v) is 6.52. The fraction of sp³-hybridized carbons (Fsp3) is 0.231. The van der Waals surface area contributed by atoms with Crippen LogP contribution in [-0.4, -0.2) is 10.0 Å². The Balaban J connectivity index is 2.39. The topological polar surface area (TPSA) is 63.4 Å². The molecule has 100 valence electrons. The van der Waals surface area contributed by atoms with Crippen LogP contribution in [0.3, 0.4) is 0 Å². The van der Waals surface area contributed by atoms with Crippen molar-refractivity contribution in [2.24, 2.45) is 0 Å². The monoisotopic (exact) mass is 295 g/mol. The largest absolute Gasteiger partial charge is 0.388 e. The molecule has 1 aromatic heterocycles. The first-order valence-electron chi connectivity index (χ1n) is 5.68. The molecular weight excluding hydrogens is 282 g/mol. The number of aryl methyl sites for hydroxylation is 1. The normalized spacial score (nSPS) is 12.4. The van der Waals surface area contributed by atoms with Gasteiger partial charge in [-0.2, -0.15) is 0 Å². The van der Waals surface area contributed by atoms with Crippen LogP contribution < -0.4 is 0 Å². The standard InChI is InChI=1S/C13H13NO3S2/c1-8-5-3-4-6-11(8)18-13-10(14(16)17)7-12(19-13)9(2)15/h3-7,9,15H,1-2H3/t9-/m1/s1. The lowest BCUT2D eigenvalue weighted by Gasteiger charge is -2.02. The number of rotatable bonds is 4. The number of benzene rings is 1. The van der Waals surface area contributed by atoms with Crippen LogP contribution in [0.25, 0.3) is 0 Å². The second-order valence-electron chi connectivity index (χ2n) is 4.12. The maximum absolute atomic E-state index is 11.1. The Morgan fingerprint density at radius 3 is 2.68 bits per heavy atom. The summed E-state index contributed by atoms with van der Waals surface area (Å²) in [6.07, 6.45) is -0.685. The van der Waals surface area contributed by atoms with Crippen molar-refractivity contribution < 1.29 is 10.0 Å². The molecule has 1 aromatic carbocycles. The molecule has 2 rings (SSSR count). The summed E-state index contributed by atoms with van der Waals surface area (Å²) >= 11 is 2.64. The lowest BCUT2D eigenvalue weighted by Crippen LogP contribution is -1.87. The zero-order valence-corrected chi connectivity index (χ0v) is 12.1. The number of thiophene rings is 1. The lowest BCUT2D eigenvalue weighted by atomic mass is 10.2. The van der Waals surface area contributed by atoms with Crippen LogP contribution in [0.5, 0.6) is 0 Å². The molecule has 0 aliphatic rings. The summed E-state index contributed by atoms with van der Waals surface area (Å²) in [5.74, 6) is 0. The van der Waals surface area contributed by atoms with Crippen LogP contribution in [0.2, 0.25) is 0 Å². The van der Waals surface area contributed by atoms with Crippen molar-refractivity contribution in [3.63, 3.8) is 0 Å². The minimum atomic E-state index is -0.685. The van der Waals surface area contributed by atoms with Crippen molar-refractivity contribution in [1.82, 2.24) is 0 Å². The first-order chi connectivity index (χ1) is 8.99. The van der Waals surface area contributed by atoms with Crippen molar-refractivity contribution in [2.75, 3.05) is 0 Å². The number of aliphatic hydroxyl groups excluding tert-OH is 1. The summed E-state index contributed by atoms with van der Waals surface area (Å²) in [5, 5.41) is 20.6. The highest BCUT2D eigenvalue weighted by Crippen LogP contribution is 2.43. The molecule has 1 N–H and O–H groups in total. The maximum atomic E-state index is 11.1. The van der Waals surface area contributed by atoms with Gasteiger partial charge in [-0.1, -0.05) is 30.0 Å². The van der Waals surface area contributed by atoms with Crippen LogP contribution in [0.1, 0.15) is 23.5 Å². The molecule has 0 aliphatic carbocycles. The van der Waals surface area contributed by atoms with E-state index in [9.17, 15) is 15.2 Å². The molecule has 0 bridgehead atoms. The molecule has 0 unspecified atom stereocenters. The van der Waals surface area contributed by atoms with E-state index in [2.05, 4.69) is 0 Å². The average Bonchev–Trinajstić information content (AvgIpc) is 2.76. The predicted octanol–water partition coefficient (Wildman–Crippen LogP) is 4.17. The van der Waals surface area contributed by atoms with E-state index < -0.39 is 11.0 Å². The Bertz CT molecular complexity index is 608. The van der Waals surface area contributed by atoms with E-state index in [-0.39, 0.29) is 5.69 Å². The molecule has 0 spiro atoms. The maximum Gasteiger partial charge on any atom is 0.294 e. The Hall–Kier alpha value is -1.37. The molecular formula is C13H13NO3S2. The Kier molecular flexibility index (Phi) is 4.24. The summed E-state index contributed by atoms with van der Waals surface area (Å²) in [4.78, 5) is 12.3. The highest BCUT2D eigenvalue weighted by molar-refractivity contribution is 8.01. The van der Waals surface area contributed by atoms with Gasteiger partial charge in [0.15, 0.2) is 0 Å². The third kappa shape index (κ3) is 3.15. The minimum absolute atomic E-state index is 0.0640. The molecule has 0 radical (unpaired) electrons. The molecule has 1 atom stereocenters. The van der Waals surface area contributed by atoms with Crippen LogP contribution in [0.15, 0.2) is 39.4 Å². The molecule has 0 amide bonds. The SMILES string of the molecule is Cc1ccccc1Sc1sc([C@@H](C)O)cc1[N+](=O)[O-]. The smallest absolute Gasteiger partial charge is 0.294 e. The molecule has 0 saturated carbocycles. The number of hydrogen-bond acceptors (Lipinski definition) is 5. The van der Waals surface area contributed by atoms with Crippen LogP contribution in [-0.2, 0) is 0 Å². The number of nitro groups is 1. The van der Waals surface area contributed by atoms with Gasteiger partial charge in [0, 0.05) is 15.8 Å². The van der Waals surface area contributed by atoms with Crippen molar-refractivity contribution >= 4 is 28.8 Å². The van der Waals surface area contributed by atoms with E-state index >= 15 is 0 Å². The zero-order chi connectivity index (χ0) is 14.0. The number of nitrogens with zero attached hydrogens (tertiary/aromatic N) is 1. The van der Waals surface area contributed by atoms with Gasteiger partial charge in [-0.25, -0.2) is 0 Å². The molecule has 19 heavy (non-hydrogen) atoms. The molecule has 2 aromatic rings. The highest BCUT2D eigenvalue weighted by Gasteiger charge is 2.22. The van der Waals surface area contributed by atoms with Gasteiger partial charge in [-0.05, 0) is 25.5 Å². The highest BCUT2D eigenvalue weighted by atomic mass is 32.2. The van der Waals surface area contributed by atoms with Gasteiger partial charge in [0.25, 0.3) is 5.69 Å². The van der Waals surface area contributed by atoms with E-state index in [4.69, 9.17) is 0 Å². The Morgan fingerprint density at radius 2 is 2.11 bits per heavy atom. The quantitative estimate of drug-likeness (QED) is 0.679. The fourth-order valence-corrected chi connectivity index (χ4v) is 3.89. The van der Waals surface area contributed by atoms with Gasteiger partial charge in [-0.15, -0.1) is 11.3 Å². The van der Waals surface area contributed by atoms with Crippen molar-refractivity contribution in [1.29, 1.82) is 0 Å². The van der Waals surface area contributed by atoms with Gasteiger partial charge in [0.2, 0.25) is 0 Å². The van der Waals surface area contributed by atoms with Crippen molar-refractivity contribution in [3.8, 4) is 0 Å². The van der Waals surface area contributed by atoms with Gasteiger partial charge >= 0.3 is 0 Å². The summed E-state index contributed by atoms with van der Waals surface area (Å²) in [6, 6.07) is 9.20. The van der Waals surface area contributed by atoms with E-state index in [1.807, 2.05) is 31.2 Å². The molecule has 6 heteroatoms. The van der Waals surface area contributed by atoms with E-state index in [1.54, 1.807) is 6.92 Å². The lowest BCUT2D eigenvalue weighted by molar-refractivity contribution is -0.387. The van der Waals surface area contributed by atoms with Gasteiger partial charge in [0.1, 0.15) is 4.21 Å². The van der Waals surface area contributed by atoms with Crippen molar-refractivity contribution in [2.45, 2.75) is 29.1 Å². The first kappa shape index (κ1) is 14.0. The zero-order valence-electron chi connectivity index (χ0n) is 10.5. The molecule has 0 aliphatic heterocycles. The Labute approximate surface area is 119 Å². The molecule has 0 saturated heterocycles. The van der Waals surface area contributed by atoms with Crippen molar-refractivity contribution in [3.05, 3.63) is 50.9 Å². The van der Waals surface area contributed by atoms with E-state index in [0.29, 0.717) is 9.09 Å². The summed E-state index contributed by atoms with van der Waals surface area (Å²) in [7, 11) is 0. The summed E-state index contributed by atoms with van der Waals surface area (Å²) < 4.78 is 0.607. The van der Waals surface area contributed by atoms with Crippen LogP contribution >= 0.6 is 23.1 Å². The van der Waals surface area contributed by atoms with Crippen LogP contribution in [0, 0.1) is 17.0 Å². The van der Waals surface area contributed by atoms with E-state index in [1.165, 1.54) is 29.2 Å². The fourth-order valence-electron chi connectivity index (χ4n) is 1.56. The van der Waals surface area contributed by atoms with E-state index in [0.717, 1.165) is 10.5 Å². The Morgan fingerprint density at radius 1 is 1.42 bits per heavy atom. The third-order valence-electron chi connectivity index (χ3n) is 2.60. The molecule has 1 heterocycles. The second kappa shape index (κ2) is 5.73. The average molecular weight is 295 g/mol. The third-order valence-corrected chi connectivity index (χ3v) is 5.27. The van der Waals surface area contributed by atoms with Gasteiger partial charge in [-0.3, -0.25) is 10.1 Å². The number of hydrogen-bond donors (Lipinski definition) is 1. The summed E-state index contributed by atoms with van der Waals surface area (Å²) in [6.45, 7) is 3.58. The molecule has 0 fully saturated rings. The van der Waals surface area contributed by atoms with Gasteiger partial charge < -0.3 is 5.11 Å². The number of aliphatic hydroxyl groups is 1. The first-order valence-corrected chi connectivity index (χ1v) is 7.32.